The molecule has 0 bridgehead atoms. The van der Waals surface area contributed by atoms with E-state index in [2.05, 4.69) is 30.5 Å². The van der Waals surface area contributed by atoms with Crippen molar-refractivity contribution < 1.29 is 4.79 Å². The number of anilines is 1. The van der Waals surface area contributed by atoms with E-state index in [-0.39, 0.29) is 30.1 Å². The van der Waals surface area contributed by atoms with Gasteiger partial charge in [-0.3, -0.25) is 9.64 Å². The fourth-order valence-electron chi connectivity index (χ4n) is 3.45. The van der Waals surface area contributed by atoms with Gasteiger partial charge in [-0.2, -0.15) is 5.10 Å². The zero-order valence-electron chi connectivity index (χ0n) is 16.4. The molecule has 1 amide bonds. The first-order chi connectivity index (χ1) is 14.6. The number of nitrogen functional groups attached to an aromatic ring is 1. The smallest absolute Gasteiger partial charge is 0.307 e. The summed E-state index contributed by atoms with van der Waals surface area (Å²) < 4.78 is 1.58. The van der Waals surface area contributed by atoms with Gasteiger partial charge in [0.25, 0.3) is 5.91 Å². The van der Waals surface area contributed by atoms with Crippen molar-refractivity contribution in [1.82, 2.24) is 30.4 Å². The van der Waals surface area contributed by atoms with Gasteiger partial charge in [0.05, 0.1) is 18.1 Å². The Hall–Kier alpha value is -3.77. The Morgan fingerprint density at radius 1 is 1.33 bits per heavy atom. The summed E-state index contributed by atoms with van der Waals surface area (Å²) in [5, 5.41) is 10.4. The number of hydrogen-bond acceptors (Lipinski definition) is 6. The summed E-state index contributed by atoms with van der Waals surface area (Å²) in [6, 6.07) is 7.78. The first kappa shape index (κ1) is 19.5. The lowest BCUT2D eigenvalue weighted by Gasteiger charge is -2.23. The fraction of sp³-hybridized carbons (Fsp3) is 0.286. The molecule has 30 heavy (non-hydrogen) atoms. The molecule has 4 N–H and O–H groups in total. The second kappa shape index (κ2) is 8.71. The number of aromatic nitrogens is 4. The summed E-state index contributed by atoms with van der Waals surface area (Å²) in [5.74, 6) is -0.205. The molecule has 1 fully saturated rings. The van der Waals surface area contributed by atoms with Crippen molar-refractivity contribution in [2.45, 2.75) is 25.6 Å². The number of amides is 1. The molecular weight excluding hydrogens is 380 g/mol. The van der Waals surface area contributed by atoms with Crippen molar-refractivity contribution in [2.75, 3.05) is 18.8 Å². The molecule has 0 unspecified atom stereocenters. The summed E-state index contributed by atoms with van der Waals surface area (Å²) in [4.78, 5) is 24.7. The van der Waals surface area contributed by atoms with Crippen LogP contribution < -0.4 is 16.4 Å². The lowest BCUT2D eigenvalue weighted by atomic mass is 10.0. The summed E-state index contributed by atoms with van der Waals surface area (Å²) >= 11 is 0. The molecule has 152 valence electrons. The van der Waals surface area contributed by atoms with Crippen molar-refractivity contribution in [3.8, 4) is 22.4 Å². The molecule has 9 nitrogen and oxygen atoms in total. The second-order valence-electron chi connectivity index (χ2n) is 7.15. The van der Waals surface area contributed by atoms with Crippen LogP contribution in [0.2, 0.25) is 0 Å². The zero-order valence-corrected chi connectivity index (χ0v) is 16.4. The number of piperidine rings is 1. The largest absolute Gasteiger partial charge is 0.382 e. The van der Waals surface area contributed by atoms with E-state index >= 15 is 0 Å². The highest BCUT2D eigenvalue weighted by Gasteiger charge is 2.20. The summed E-state index contributed by atoms with van der Waals surface area (Å²) in [6.07, 6.45) is 7.05. The first-order valence-corrected chi connectivity index (χ1v) is 9.74. The normalized spacial score (nSPS) is 16.0. The molecule has 0 radical (unpaired) electrons. The van der Waals surface area contributed by atoms with Crippen LogP contribution in [0.5, 0.6) is 0 Å². The van der Waals surface area contributed by atoms with E-state index in [4.69, 9.17) is 12.3 Å². The van der Waals surface area contributed by atoms with Gasteiger partial charge >= 0.3 is 6.67 Å². The third-order valence-corrected chi connectivity index (χ3v) is 4.99. The van der Waals surface area contributed by atoms with Gasteiger partial charge in [0.2, 0.25) is 0 Å². The molecule has 0 spiro atoms. The standard InChI is InChI=1S/C21H22N8O/c1-23-13-29-12-16(9-26-29)14-4-2-5-15(8-14)18-11-25-20(22)19(28-18)21(30)27-17-6-3-7-24-10-17/h2,4-5,8-9,11-12,17,24H,3,6-7,10,13H2,(H2,22,25)(H,27,30)/t17-/m0/s1. The van der Waals surface area contributed by atoms with Gasteiger partial charge < -0.3 is 16.4 Å². The maximum absolute atomic E-state index is 12.7. The topological polar surface area (TPSA) is 115 Å². The van der Waals surface area contributed by atoms with Crippen LogP contribution in [0.3, 0.4) is 0 Å². The third-order valence-electron chi connectivity index (χ3n) is 4.99. The number of carbonyl (C=O) groups is 1. The van der Waals surface area contributed by atoms with Crippen LogP contribution >= 0.6 is 0 Å². The van der Waals surface area contributed by atoms with Crippen LogP contribution in [0.15, 0.2) is 42.9 Å². The highest BCUT2D eigenvalue weighted by atomic mass is 16.2. The average Bonchev–Trinajstić information content (AvgIpc) is 3.24. The van der Waals surface area contributed by atoms with Crippen LogP contribution in [0, 0.1) is 6.57 Å². The number of nitrogens with two attached hydrogens (primary N) is 1. The summed E-state index contributed by atoms with van der Waals surface area (Å²) in [7, 11) is 0. The van der Waals surface area contributed by atoms with Crippen LogP contribution in [-0.4, -0.2) is 44.8 Å². The Bertz CT molecular complexity index is 1090. The van der Waals surface area contributed by atoms with E-state index in [9.17, 15) is 4.79 Å². The summed E-state index contributed by atoms with van der Waals surface area (Å²) in [5.41, 5.74) is 9.27. The first-order valence-electron chi connectivity index (χ1n) is 9.74. The van der Waals surface area contributed by atoms with Crippen molar-refractivity contribution in [3.63, 3.8) is 0 Å². The third kappa shape index (κ3) is 4.29. The fourth-order valence-corrected chi connectivity index (χ4v) is 3.45. The van der Waals surface area contributed by atoms with E-state index in [0.717, 1.165) is 42.6 Å². The molecule has 0 aliphatic carbocycles. The molecule has 1 atom stereocenters. The van der Waals surface area contributed by atoms with Crippen LogP contribution in [0.4, 0.5) is 5.82 Å². The van der Waals surface area contributed by atoms with Crippen molar-refractivity contribution in [3.05, 3.63) is 60.0 Å². The lowest BCUT2D eigenvalue weighted by molar-refractivity contribution is 0.0926. The van der Waals surface area contributed by atoms with Gasteiger partial charge in [0, 0.05) is 29.9 Å². The highest BCUT2D eigenvalue weighted by molar-refractivity contribution is 5.97. The molecule has 0 saturated carbocycles. The molecule has 2 aromatic heterocycles. The number of nitrogens with one attached hydrogen (secondary N) is 2. The van der Waals surface area contributed by atoms with Crippen LogP contribution in [0.25, 0.3) is 27.2 Å². The Morgan fingerprint density at radius 2 is 2.20 bits per heavy atom. The predicted molar refractivity (Wildman–Crippen MR) is 113 cm³/mol. The number of carbonyl (C=O) groups excluding carboxylic acids is 1. The SMILES string of the molecule is [C-]#[N+]Cn1cc(-c2cccc(-c3cnc(N)c(C(=O)N[C@H]4CCCNC4)n3)c2)cn1. The Morgan fingerprint density at radius 3 is 3.00 bits per heavy atom. The Balaban J connectivity index is 1.59. The minimum Gasteiger partial charge on any atom is -0.382 e. The van der Waals surface area contributed by atoms with Gasteiger partial charge in [-0.15, -0.1) is 0 Å². The molecule has 3 heterocycles. The van der Waals surface area contributed by atoms with Crippen molar-refractivity contribution >= 4 is 11.7 Å². The molecule has 4 rings (SSSR count). The number of benzene rings is 1. The van der Waals surface area contributed by atoms with Crippen LogP contribution in [0.1, 0.15) is 23.3 Å². The molecule has 1 aromatic carbocycles. The number of rotatable bonds is 5. The molecule has 9 heteroatoms. The van der Waals surface area contributed by atoms with E-state index in [1.54, 1.807) is 17.1 Å². The molecular formula is C21H22N8O. The van der Waals surface area contributed by atoms with Gasteiger partial charge in [0.15, 0.2) is 11.5 Å². The highest BCUT2D eigenvalue weighted by Crippen LogP contribution is 2.25. The Kier molecular flexibility index (Phi) is 5.68. The summed E-state index contributed by atoms with van der Waals surface area (Å²) in [6.45, 7) is 8.84. The quantitative estimate of drug-likeness (QED) is 0.562. The number of hydrogen-bond donors (Lipinski definition) is 3. The predicted octanol–water partition coefficient (Wildman–Crippen LogP) is 1.95. The van der Waals surface area contributed by atoms with E-state index < -0.39 is 0 Å². The monoisotopic (exact) mass is 402 g/mol. The van der Waals surface area contributed by atoms with Gasteiger partial charge in [-0.05, 0) is 31.0 Å². The maximum atomic E-state index is 12.7. The van der Waals surface area contributed by atoms with Gasteiger partial charge in [0.1, 0.15) is 0 Å². The van der Waals surface area contributed by atoms with Crippen LogP contribution in [-0.2, 0) is 6.67 Å². The molecule has 1 aliphatic heterocycles. The average molecular weight is 402 g/mol. The lowest BCUT2D eigenvalue weighted by Crippen LogP contribution is -2.46. The van der Waals surface area contributed by atoms with Crippen molar-refractivity contribution in [2.24, 2.45) is 0 Å². The minimum absolute atomic E-state index is 0.0615. The molecule has 1 saturated heterocycles. The minimum atomic E-state index is -0.313. The molecule has 1 aliphatic rings. The van der Waals surface area contributed by atoms with Crippen molar-refractivity contribution in [1.29, 1.82) is 0 Å². The van der Waals surface area contributed by atoms with Gasteiger partial charge in [-0.1, -0.05) is 18.2 Å². The maximum Gasteiger partial charge on any atom is 0.307 e. The number of nitrogens with zero attached hydrogens (tertiary/aromatic N) is 5. The van der Waals surface area contributed by atoms with Gasteiger partial charge in [-0.25, -0.2) is 21.2 Å². The Labute approximate surface area is 174 Å². The second-order valence-corrected chi connectivity index (χ2v) is 7.15. The van der Waals surface area contributed by atoms with E-state index in [1.807, 2.05) is 30.5 Å². The van der Waals surface area contributed by atoms with E-state index in [0.29, 0.717) is 5.69 Å². The molecule has 3 aromatic rings. The zero-order chi connectivity index (χ0) is 20.9. The van der Waals surface area contributed by atoms with E-state index in [1.165, 1.54) is 0 Å².